The molecule has 1 fully saturated rings. The molecule has 1 heterocycles. The first-order valence-corrected chi connectivity index (χ1v) is 9.77. The molecule has 0 saturated carbocycles. The fraction of sp³-hybridized carbons (Fsp3) is 0.650. The van der Waals surface area contributed by atoms with Crippen LogP contribution in [0.1, 0.15) is 31.9 Å². The van der Waals surface area contributed by atoms with E-state index >= 15 is 0 Å². The number of halogens is 2. The van der Waals surface area contributed by atoms with E-state index < -0.39 is 0 Å². The fourth-order valence-corrected chi connectivity index (χ4v) is 3.14. The minimum Gasteiger partial charge on any atom is -0.357 e. The molecule has 0 radical (unpaired) electrons. The molecular formula is C20H35FIN5. The maximum absolute atomic E-state index is 13.7. The number of piperazine rings is 1. The number of hydrogen-bond donors (Lipinski definition) is 2. The van der Waals surface area contributed by atoms with E-state index in [9.17, 15) is 4.39 Å². The minimum atomic E-state index is -0.171. The number of aliphatic imine (C=N–C) groups is 1. The molecule has 1 aliphatic heterocycles. The highest BCUT2D eigenvalue weighted by atomic mass is 127. The van der Waals surface area contributed by atoms with Crippen molar-refractivity contribution >= 4 is 29.9 Å². The van der Waals surface area contributed by atoms with Crippen molar-refractivity contribution in [2.45, 2.75) is 40.3 Å². The van der Waals surface area contributed by atoms with Gasteiger partial charge >= 0.3 is 0 Å². The van der Waals surface area contributed by atoms with E-state index in [0.717, 1.165) is 57.3 Å². The van der Waals surface area contributed by atoms with Gasteiger partial charge in [-0.2, -0.15) is 0 Å². The molecule has 7 heteroatoms. The number of rotatable bonds is 7. The highest BCUT2D eigenvalue weighted by Crippen LogP contribution is 2.10. The molecule has 1 aromatic rings. The zero-order chi connectivity index (χ0) is 18.9. The third-order valence-electron chi connectivity index (χ3n) is 5.04. The van der Waals surface area contributed by atoms with E-state index in [1.807, 2.05) is 6.07 Å². The third kappa shape index (κ3) is 7.91. The molecular weight excluding hydrogens is 456 g/mol. The summed E-state index contributed by atoms with van der Waals surface area (Å²) in [5.74, 6) is 0.614. The van der Waals surface area contributed by atoms with Gasteiger partial charge in [0, 0.05) is 45.3 Å². The van der Waals surface area contributed by atoms with Crippen molar-refractivity contribution in [2.24, 2.45) is 4.99 Å². The highest BCUT2D eigenvalue weighted by molar-refractivity contribution is 14.0. The van der Waals surface area contributed by atoms with Gasteiger partial charge in [0.05, 0.1) is 6.54 Å². The Morgan fingerprint density at radius 2 is 1.89 bits per heavy atom. The zero-order valence-corrected chi connectivity index (χ0v) is 19.4. The predicted octanol–water partition coefficient (Wildman–Crippen LogP) is 2.83. The first-order chi connectivity index (χ1) is 12.5. The Balaban J connectivity index is 0.00000364. The van der Waals surface area contributed by atoms with Crippen molar-refractivity contribution < 1.29 is 4.39 Å². The molecule has 1 saturated heterocycles. The SMILES string of the molecule is CCNC(=NCc1ccc(C)c(F)c1)NCC(C)N1CCN(CC)CC1.I. The molecule has 2 N–H and O–H groups in total. The Bertz CT molecular complexity index is 588. The molecule has 0 bridgehead atoms. The van der Waals surface area contributed by atoms with Crippen LogP contribution >= 0.6 is 24.0 Å². The highest BCUT2D eigenvalue weighted by Gasteiger charge is 2.20. The van der Waals surface area contributed by atoms with E-state index in [4.69, 9.17) is 0 Å². The van der Waals surface area contributed by atoms with Crippen LogP contribution in [-0.4, -0.2) is 67.6 Å². The summed E-state index contributed by atoms with van der Waals surface area (Å²) in [6.07, 6.45) is 0. The van der Waals surface area contributed by atoms with Gasteiger partial charge in [-0.15, -0.1) is 24.0 Å². The Morgan fingerprint density at radius 1 is 1.19 bits per heavy atom. The van der Waals surface area contributed by atoms with Crippen LogP contribution in [0, 0.1) is 12.7 Å². The van der Waals surface area contributed by atoms with Gasteiger partial charge in [-0.25, -0.2) is 9.38 Å². The van der Waals surface area contributed by atoms with E-state index in [1.165, 1.54) is 0 Å². The van der Waals surface area contributed by atoms with Crippen molar-refractivity contribution in [3.8, 4) is 0 Å². The molecule has 154 valence electrons. The van der Waals surface area contributed by atoms with Gasteiger partial charge < -0.3 is 15.5 Å². The number of hydrogen-bond acceptors (Lipinski definition) is 3. The number of aryl methyl sites for hydroxylation is 1. The third-order valence-corrected chi connectivity index (χ3v) is 5.04. The molecule has 1 aliphatic rings. The number of likely N-dealkylation sites (N-methyl/N-ethyl adjacent to an activating group) is 1. The lowest BCUT2D eigenvalue weighted by Crippen LogP contribution is -2.53. The van der Waals surface area contributed by atoms with Gasteiger partial charge in [-0.1, -0.05) is 19.1 Å². The smallest absolute Gasteiger partial charge is 0.191 e. The van der Waals surface area contributed by atoms with Crippen molar-refractivity contribution in [3.05, 3.63) is 35.1 Å². The van der Waals surface area contributed by atoms with Crippen LogP contribution in [0.15, 0.2) is 23.2 Å². The number of benzene rings is 1. The van der Waals surface area contributed by atoms with Gasteiger partial charge in [0.1, 0.15) is 5.82 Å². The summed E-state index contributed by atoms with van der Waals surface area (Å²) < 4.78 is 13.7. The molecule has 0 spiro atoms. The molecule has 0 amide bonds. The summed E-state index contributed by atoms with van der Waals surface area (Å²) >= 11 is 0. The fourth-order valence-electron chi connectivity index (χ4n) is 3.14. The lowest BCUT2D eigenvalue weighted by atomic mass is 10.1. The van der Waals surface area contributed by atoms with Crippen LogP contribution in [0.2, 0.25) is 0 Å². The molecule has 1 unspecified atom stereocenters. The monoisotopic (exact) mass is 491 g/mol. The number of nitrogens with one attached hydrogen (secondary N) is 2. The maximum atomic E-state index is 13.7. The van der Waals surface area contributed by atoms with E-state index in [0.29, 0.717) is 18.2 Å². The quantitative estimate of drug-likeness (QED) is 0.350. The van der Waals surface area contributed by atoms with Crippen molar-refractivity contribution in [3.63, 3.8) is 0 Å². The second kappa shape index (κ2) is 12.5. The first kappa shape index (κ1) is 24.1. The lowest BCUT2D eigenvalue weighted by molar-refractivity contribution is 0.107. The van der Waals surface area contributed by atoms with Crippen LogP contribution in [0.4, 0.5) is 4.39 Å². The van der Waals surface area contributed by atoms with E-state index in [2.05, 4.69) is 46.2 Å². The molecule has 1 aromatic carbocycles. The van der Waals surface area contributed by atoms with Gasteiger partial charge in [0.15, 0.2) is 5.96 Å². The minimum absolute atomic E-state index is 0. The van der Waals surface area contributed by atoms with Crippen molar-refractivity contribution in [1.82, 2.24) is 20.4 Å². The number of nitrogens with zero attached hydrogens (tertiary/aromatic N) is 3. The average Bonchev–Trinajstić information content (AvgIpc) is 2.66. The second-order valence-electron chi connectivity index (χ2n) is 6.98. The summed E-state index contributed by atoms with van der Waals surface area (Å²) in [6.45, 7) is 16.1. The van der Waals surface area contributed by atoms with Gasteiger partial charge in [-0.05, 0) is 44.5 Å². The second-order valence-corrected chi connectivity index (χ2v) is 6.98. The summed E-state index contributed by atoms with van der Waals surface area (Å²) in [5, 5.41) is 6.70. The van der Waals surface area contributed by atoms with Crippen LogP contribution in [0.3, 0.4) is 0 Å². The summed E-state index contributed by atoms with van der Waals surface area (Å²) in [7, 11) is 0. The topological polar surface area (TPSA) is 42.9 Å². The standard InChI is InChI=1S/C20H34FN5.HI/c1-5-22-20(24-15-18-8-7-16(3)19(21)13-18)23-14-17(4)26-11-9-25(6-2)10-12-26;/h7-8,13,17H,5-6,9-12,14-15H2,1-4H3,(H2,22,23,24);1H. The van der Waals surface area contributed by atoms with Crippen LogP contribution < -0.4 is 10.6 Å². The first-order valence-electron chi connectivity index (χ1n) is 9.77. The summed E-state index contributed by atoms with van der Waals surface area (Å²) in [4.78, 5) is 9.61. The molecule has 0 aromatic heterocycles. The molecule has 2 rings (SSSR count). The van der Waals surface area contributed by atoms with Gasteiger partial charge in [0.2, 0.25) is 0 Å². The average molecular weight is 491 g/mol. The predicted molar refractivity (Wildman–Crippen MR) is 123 cm³/mol. The Kier molecular flexibility index (Phi) is 11.2. The van der Waals surface area contributed by atoms with Crippen LogP contribution in [0.5, 0.6) is 0 Å². The van der Waals surface area contributed by atoms with Crippen LogP contribution in [-0.2, 0) is 6.54 Å². The normalized spacial score (nSPS) is 17.3. The Hall–Kier alpha value is -0.930. The Morgan fingerprint density at radius 3 is 2.48 bits per heavy atom. The van der Waals surface area contributed by atoms with Crippen molar-refractivity contribution in [1.29, 1.82) is 0 Å². The van der Waals surface area contributed by atoms with Gasteiger partial charge in [-0.3, -0.25) is 4.90 Å². The molecule has 1 atom stereocenters. The summed E-state index contributed by atoms with van der Waals surface area (Å²) in [6, 6.07) is 5.76. The summed E-state index contributed by atoms with van der Waals surface area (Å²) in [5.41, 5.74) is 1.55. The van der Waals surface area contributed by atoms with Crippen molar-refractivity contribution in [2.75, 3.05) is 45.8 Å². The zero-order valence-electron chi connectivity index (χ0n) is 17.1. The molecule has 0 aliphatic carbocycles. The van der Waals surface area contributed by atoms with Crippen LogP contribution in [0.25, 0.3) is 0 Å². The number of guanidine groups is 1. The largest absolute Gasteiger partial charge is 0.357 e. The molecule has 5 nitrogen and oxygen atoms in total. The maximum Gasteiger partial charge on any atom is 0.191 e. The lowest BCUT2D eigenvalue weighted by Gasteiger charge is -2.37. The van der Waals surface area contributed by atoms with E-state index in [-0.39, 0.29) is 29.8 Å². The Labute approximate surface area is 180 Å². The van der Waals surface area contributed by atoms with E-state index in [1.54, 1.807) is 19.1 Å². The van der Waals surface area contributed by atoms with Gasteiger partial charge in [0.25, 0.3) is 0 Å². The molecule has 27 heavy (non-hydrogen) atoms.